The number of aromatic nitrogens is 4. The minimum absolute atomic E-state index is 0. The van der Waals surface area contributed by atoms with Gasteiger partial charge >= 0.3 is 0 Å². The first-order chi connectivity index (χ1) is 17.7. The molecular weight excluding hydrogens is 490 g/mol. The molecule has 0 bridgehead atoms. The lowest BCUT2D eigenvalue weighted by Gasteiger charge is -2.27. The molecule has 0 spiro atoms. The Morgan fingerprint density at radius 2 is 1.92 bits per heavy atom. The Hall–Kier alpha value is -3.41. The molecule has 1 aliphatic carbocycles. The van der Waals surface area contributed by atoms with Gasteiger partial charge in [-0.3, -0.25) is 19.7 Å². The fraction of sp³-hybridized carbons (Fsp3) is 0.423. The summed E-state index contributed by atoms with van der Waals surface area (Å²) in [6, 6.07) is 6.58. The van der Waals surface area contributed by atoms with E-state index in [0.717, 1.165) is 67.9 Å². The number of nitro benzene ring substituents is 1. The Morgan fingerprint density at radius 1 is 1.11 bits per heavy atom. The van der Waals surface area contributed by atoms with Crippen molar-refractivity contribution < 1.29 is 9.66 Å². The standard InChI is InChI=1S/C25H27N7O3S.CH4/c33-32(34)18-3-1-17(2-4-18)7-14-35-24-22-19-5-6-21-20(23(19)36-25(22)28-16-27-24)15-29-31(21)13-12-30-10-8-26-9-11-30;/h1-4,15-16,26H,5-14H2;1H4. The Bertz CT molecular complexity index is 1390. The van der Waals surface area contributed by atoms with Crippen LogP contribution in [0, 0.1) is 10.1 Å². The van der Waals surface area contributed by atoms with Gasteiger partial charge in [0.05, 0.1) is 29.7 Å². The van der Waals surface area contributed by atoms with E-state index in [1.54, 1.807) is 29.8 Å². The number of ether oxygens (including phenoxy) is 1. The zero-order valence-electron chi connectivity index (χ0n) is 19.9. The Balaban J connectivity index is 0.00000280. The fourth-order valence-electron chi connectivity index (χ4n) is 5.05. The highest BCUT2D eigenvalue weighted by Crippen LogP contribution is 2.45. The highest BCUT2D eigenvalue weighted by molar-refractivity contribution is 7.22. The van der Waals surface area contributed by atoms with Gasteiger partial charge in [0.15, 0.2) is 0 Å². The normalized spacial score (nSPS) is 15.1. The topological polar surface area (TPSA) is 111 Å². The molecule has 6 rings (SSSR count). The smallest absolute Gasteiger partial charge is 0.269 e. The fourth-order valence-corrected chi connectivity index (χ4v) is 6.26. The third kappa shape index (κ3) is 5.07. The average Bonchev–Trinajstić information content (AvgIpc) is 3.50. The van der Waals surface area contributed by atoms with E-state index in [1.165, 1.54) is 33.8 Å². The number of non-ortho nitro benzene ring substituents is 1. The summed E-state index contributed by atoms with van der Waals surface area (Å²) in [6.45, 7) is 6.66. The minimum Gasteiger partial charge on any atom is -0.477 e. The maximum absolute atomic E-state index is 10.9. The van der Waals surface area contributed by atoms with Crippen LogP contribution in [-0.4, -0.2) is 68.9 Å². The second-order valence-corrected chi connectivity index (χ2v) is 10.1. The number of piperazine rings is 1. The molecule has 3 aromatic heterocycles. The number of fused-ring (bicyclic) bond motifs is 5. The number of nitrogens with one attached hydrogen (secondary N) is 1. The molecule has 1 aliphatic heterocycles. The van der Waals surface area contributed by atoms with E-state index >= 15 is 0 Å². The molecule has 2 aliphatic rings. The largest absolute Gasteiger partial charge is 0.477 e. The van der Waals surface area contributed by atoms with Crippen molar-refractivity contribution in [2.24, 2.45) is 0 Å². The molecule has 0 saturated carbocycles. The molecule has 0 radical (unpaired) electrons. The lowest BCUT2D eigenvalue weighted by molar-refractivity contribution is -0.384. The number of nitro groups is 1. The molecule has 0 amide bonds. The molecular formula is C26H31N7O3S. The molecule has 1 aromatic carbocycles. The Morgan fingerprint density at radius 3 is 2.70 bits per heavy atom. The van der Waals surface area contributed by atoms with E-state index in [9.17, 15) is 10.1 Å². The minimum atomic E-state index is -0.390. The summed E-state index contributed by atoms with van der Waals surface area (Å²) >= 11 is 1.68. The van der Waals surface area contributed by atoms with Crippen LogP contribution >= 0.6 is 11.3 Å². The second kappa shape index (κ2) is 10.9. The number of thiophene rings is 1. The molecule has 11 heteroatoms. The third-order valence-electron chi connectivity index (χ3n) is 6.97. The molecule has 1 saturated heterocycles. The first-order valence-corrected chi connectivity index (χ1v) is 13.1. The van der Waals surface area contributed by atoms with E-state index < -0.39 is 0 Å². The quantitative estimate of drug-likeness (QED) is 0.276. The van der Waals surface area contributed by atoms with Gasteiger partial charge in [-0.2, -0.15) is 5.10 Å². The van der Waals surface area contributed by atoms with Crippen molar-refractivity contribution in [3.05, 3.63) is 63.7 Å². The van der Waals surface area contributed by atoms with Gasteiger partial charge in [0, 0.05) is 67.4 Å². The van der Waals surface area contributed by atoms with E-state index in [0.29, 0.717) is 18.9 Å². The predicted molar refractivity (Wildman–Crippen MR) is 144 cm³/mol. The van der Waals surface area contributed by atoms with Crippen molar-refractivity contribution >= 4 is 27.2 Å². The van der Waals surface area contributed by atoms with E-state index in [-0.39, 0.29) is 18.0 Å². The number of nitrogens with zero attached hydrogens (tertiary/aromatic N) is 6. The zero-order valence-corrected chi connectivity index (χ0v) is 20.7. The number of hydrogen-bond acceptors (Lipinski definition) is 9. The van der Waals surface area contributed by atoms with Crippen LogP contribution in [0.1, 0.15) is 24.2 Å². The van der Waals surface area contributed by atoms with Crippen molar-refractivity contribution in [2.75, 3.05) is 39.3 Å². The number of benzene rings is 1. The maximum atomic E-state index is 10.9. The van der Waals surface area contributed by atoms with Gasteiger partial charge in [0.1, 0.15) is 11.2 Å². The third-order valence-corrected chi connectivity index (χ3v) is 8.15. The average molecular weight is 522 g/mol. The molecule has 194 valence electrons. The summed E-state index contributed by atoms with van der Waals surface area (Å²) in [7, 11) is 0. The molecule has 10 nitrogen and oxygen atoms in total. The first-order valence-electron chi connectivity index (χ1n) is 12.3. The molecule has 1 N–H and O–H groups in total. The first kappa shape index (κ1) is 25.2. The zero-order chi connectivity index (χ0) is 24.5. The summed E-state index contributed by atoms with van der Waals surface area (Å²) in [6.07, 6.45) is 6.05. The van der Waals surface area contributed by atoms with Crippen LogP contribution in [0.4, 0.5) is 5.69 Å². The summed E-state index contributed by atoms with van der Waals surface area (Å²) in [5, 5.41) is 20.0. The summed E-state index contributed by atoms with van der Waals surface area (Å²) < 4.78 is 8.29. The highest BCUT2D eigenvalue weighted by Gasteiger charge is 2.27. The SMILES string of the molecule is C.O=[N+]([O-])c1ccc(CCOc2ncnc3sc4c(c23)CCc2c-4cnn2CCN2CCNCC2)cc1. The lowest BCUT2D eigenvalue weighted by Crippen LogP contribution is -2.44. The van der Waals surface area contributed by atoms with Crippen LogP contribution in [0.15, 0.2) is 36.8 Å². The van der Waals surface area contributed by atoms with E-state index in [1.807, 2.05) is 6.20 Å². The summed E-state index contributed by atoms with van der Waals surface area (Å²) in [4.78, 5) is 24.1. The predicted octanol–water partition coefficient (Wildman–Crippen LogP) is 3.72. The molecule has 0 unspecified atom stereocenters. The van der Waals surface area contributed by atoms with Gasteiger partial charge in [-0.25, -0.2) is 9.97 Å². The Kier molecular flexibility index (Phi) is 7.45. The molecule has 0 atom stereocenters. The number of aryl methyl sites for hydroxylation is 1. The van der Waals surface area contributed by atoms with Crippen molar-refractivity contribution in [3.63, 3.8) is 0 Å². The van der Waals surface area contributed by atoms with Crippen molar-refractivity contribution in [1.29, 1.82) is 0 Å². The van der Waals surface area contributed by atoms with Gasteiger partial charge in [0.25, 0.3) is 5.69 Å². The van der Waals surface area contributed by atoms with Gasteiger partial charge in [-0.1, -0.05) is 19.6 Å². The van der Waals surface area contributed by atoms with E-state index in [4.69, 9.17) is 9.84 Å². The van der Waals surface area contributed by atoms with Crippen molar-refractivity contribution in [3.8, 4) is 16.3 Å². The van der Waals surface area contributed by atoms with Gasteiger partial charge in [-0.05, 0) is 24.0 Å². The summed E-state index contributed by atoms with van der Waals surface area (Å²) in [5.74, 6) is 0.606. The number of rotatable bonds is 8. The van der Waals surface area contributed by atoms with E-state index in [2.05, 4.69) is 24.9 Å². The monoisotopic (exact) mass is 521 g/mol. The Labute approximate surface area is 219 Å². The van der Waals surface area contributed by atoms with Crippen molar-refractivity contribution in [2.45, 2.75) is 33.2 Å². The lowest BCUT2D eigenvalue weighted by atomic mass is 9.95. The molecule has 37 heavy (non-hydrogen) atoms. The van der Waals surface area contributed by atoms with Crippen molar-refractivity contribution in [1.82, 2.24) is 30.0 Å². The van der Waals surface area contributed by atoms with Crippen LogP contribution < -0.4 is 10.1 Å². The van der Waals surface area contributed by atoms with Crippen LogP contribution in [0.5, 0.6) is 5.88 Å². The molecule has 4 heterocycles. The van der Waals surface area contributed by atoms with Gasteiger partial charge in [0.2, 0.25) is 5.88 Å². The second-order valence-electron chi connectivity index (χ2n) is 9.11. The maximum Gasteiger partial charge on any atom is 0.269 e. The highest BCUT2D eigenvalue weighted by atomic mass is 32.1. The number of hydrogen-bond donors (Lipinski definition) is 1. The summed E-state index contributed by atoms with van der Waals surface area (Å²) in [5.41, 5.74) is 4.83. The van der Waals surface area contributed by atoms with Crippen LogP contribution in [-0.2, 0) is 25.8 Å². The molecule has 1 fully saturated rings. The molecule has 4 aromatic rings. The van der Waals surface area contributed by atoms with Gasteiger partial charge < -0.3 is 10.1 Å². The van der Waals surface area contributed by atoms with Crippen LogP contribution in [0.2, 0.25) is 0 Å². The van der Waals surface area contributed by atoms with Gasteiger partial charge in [-0.15, -0.1) is 11.3 Å². The van der Waals surface area contributed by atoms with Crippen LogP contribution in [0.25, 0.3) is 20.7 Å². The van der Waals surface area contributed by atoms with Crippen LogP contribution in [0.3, 0.4) is 0 Å².